The van der Waals surface area contributed by atoms with Gasteiger partial charge in [0.25, 0.3) is 0 Å². The highest BCUT2D eigenvalue weighted by Gasteiger charge is 2.18. The lowest BCUT2D eigenvalue weighted by Gasteiger charge is -2.25. The van der Waals surface area contributed by atoms with Gasteiger partial charge in [0.05, 0.1) is 6.61 Å². The highest BCUT2D eigenvalue weighted by molar-refractivity contribution is 5.88. The molecule has 3 heteroatoms. The third-order valence-electron chi connectivity index (χ3n) is 2.42. The predicted molar refractivity (Wildman–Crippen MR) is 54.5 cm³/mol. The lowest BCUT2D eigenvalue weighted by molar-refractivity contribution is -0.136. The maximum Gasteiger partial charge on any atom is 0.384 e. The summed E-state index contributed by atoms with van der Waals surface area (Å²) in [4.78, 5) is 11.0. The van der Waals surface area contributed by atoms with E-state index in [2.05, 4.69) is 24.1 Å². The first-order valence-corrected chi connectivity index (χ1v) is 5.13. The van der Waals surface area contributed by atoms with Gasteiger partial charge in [0.15, 0.2) is 0 Å². The van der Waals surface area contributed by atoms with Gasteiger partial charge in [-0.05, 0) is 32.4 Å². The van der Waals surface area contributed by atoms with Crippen molar-refractivity contribution in [3.05, 3.63) is 0 Å². The molecule has 1 rings (SSSR count). The minimum absolute atomic E-state index is 0.334. The van der Waals surface area contributed by atoms with Crippen LogP contribution in [0.5, 0.6) is 0 Å². The molecule has 1 fully saturated rings. The number of nitrogens with one attached hydrogen (secondary N) is 1. The van der Waals surface area contributed by atoms with Crippen molar-refractivity contribution in [2.45, 2.75) is 20.3 Å². The second-order valence-corrected chi connectivity index (χ2v) is 3.57. The summed E-state index contributed by atoms with van der Waals surface area (Å²) in [6.45, 7) is 6.31. The van der Waals surface area contributed by atoms with E-state index in [9.17, 15) is 4.79 Å². The molecule has 0 bridgehead atoms. The van der Waals surface area contributed by atoms with E-state index in [1.54, 1.807) is 6.92 Å². The van der Waals surface area contributed by atoms with Crippen LogP contribution in [0, 0.1) is 23.7 Å². The lowest BCUT2D eigenvalue weighted by atomic mass is 9.88. The molecule has 1 saturated heterocycles. The second kappa shape index (κ2) is 5.66. The van der Waals surface area contributed by atoms with Crippen LogP contribution in [-0.2, 0) is 9.53 Å². The standard InChI is InChI=1S/C11H17NO2/c1-3-14-11(13)5-4-10-6-7-12-8-9(10)2/h9-10,12H,3,6-8H2,1-2H3. The Bertz CT molecular complexity index is 252. The van der Waals surface area contributed by atoms with Crippen LogP contribution in [0.3, 0.4) is 0 Å². The first-order valence-electron chi connectivity index (χ1n) is 5.13. The van der Waals surface area contributed by atoms with Gasteiger partial charge >= 0.3 is 5.97 Å². The van der Waals surface area contributed by atoms with E-state index < -0.39 is 5.97 Å². The van der Waals surface area contributed by atoms with Crippen LogP contribution in [0.4, 0.5) is 0 Å². The first-order chi connectivity index (χ1) is 6.74. The number of carbonyl (C=O) groups excluding carboxylic acids is 1. The Morgan fingerprint density at radius 2 is 2.43 bits per heavy atom. The monoisotopic (exact) mass is 195 g/mol. The van der Waals surface area contributed by atoms with Crippen molar-refractivity contribution in [3.8, 4) is 11.8 Å². The molecule has 1 N–H and O–H groups in total. The quantitative estimate of drug-likeness (QED) is 0.382. The summed E-state index contributed by atoms with van der Waals surface area (Å²) >= 11 is 0. The molecule has 0 aromatic carbocycles. The summed E-state index contributed by atoms with van der Waals surface area (Å²) in [6, 6.07) is 0. The number of carbonyl (C=O) groups is 1. The van der Waals surface area contributed by atoms with E-state index in [-0.39, 0.29) is 0 Å². The van der Waals surface area contributed by atoms with Crippen molar-refractivity contribution in [2.24, 2.45) is 11.8 Å². The molecule has 1 aliphatic rings. The predicted octanol–water partition coefficient (Wildman–Crippen LogP) is 0.798. The summed E-state index contributed by atoms with van der Waals surface area (Å²) < 4.78 is 4.74. The molecule has 0 aromatic rings. The van der Waals surface area contributed by atoms with Crippen LogP contribution in [0.15, 0.2) is 0 Å². The van der Waals surface area contributed by atoms with Crippen LogP contribution in [0.25, 0.3) is 0 Å². The van der Waals surface area contributed by atoms with Gasteiger partial charge in [-0.15, -0.1) is 0 Å². The van der Waals surface area contributed by atoms with Crippen LogP contribution < -0.4 is 5.32 Å². The Balaban J connectivity index is 2.44. The molecule has 2 atom stereocenters. The number of hydrogen-bond acceptors (Lipinski definition) is 3. The molecule has 0 amide bonds. The fraction of sp³-hybridized carbons (Fsp3) is 0.727. The highest BCUT2D eigenvalue weighted by atomic mass is 16.5. The van der Waals surface area contributed by atoms with E-state index >= 15 is 0 Å². The summed E-state index contributed by atoms with van der Waals surface area (Å²) in [6.07, 6.45) is 1.02. The molecule has 0 spiro atoms. The number of ether oxygens (including phenoxy) is 1. The van der Waals surface area contributed by atoms with Gasteiger partial charge in [-0.3, -0.25) is 0 Å². The number of piperidine rings is 1. The van der Waals surface area contributed by atoms with Crippen molar-refractivity contribution in [1.82, 2.24) is 5.32 Å². The molecule has 2 unspecified atom stereocenters. The van der Waals surface area contributed by atoms with Crippen molar-refractivity contribution in [1.29, 1.82) is 0 Å². The van der Waals surface area contributed by atoms with Gasteiger partial charge in [0.2, 0.25) is 0 Å². The number of hydrogen-bond donors (Lipinski definition) is 1. The van der Waals surface area contributed by atoms with E-state index in [0.717, 1.165) is 19.5 Å². The molecule has 1 aliphatic heterocycles. The molecule has 14 heavy (non-hydrogen) atoms. The van der Waals surface area contributed by atoms with Gasteiger partial charge in [0, 0.05) is 11.8 Å². The molecular formula is C11H17NO2. The summed E-state index contributed by atoms with van der Waals surface area (Å²) in [5, 5.41) is 3.29. The topological polar surface area (TPSA) is 38.3 Å². The normalized spacial score (nSPS) is 26.1. The third kappa shape index (κ3) is 3.39. The van der Waals surface area contributed by atoms with Crippen molar-refractivity contribution >= 4 is 5.97 Å². The molecule has 0 aliphatic carbocycles. The van der Waals surface area contributed by atoms with Gasteiger partial charge in [0.1, 0.15) is 0 Å². The first kappa shape index (κ1) is 11.1. The van der Waals surface area contributed by atoms with Crippen LogP contribution in [0.2, 0.25) is 0 Å². The van der Waals surface area contributed by atoms with Gasteiger partial charge in [-0.1, -0.05) is 12.8 Å². The van der Waals surface area contributed by atoms with Crippen LogP contribution in [0.1, 0.15) is 20.3 Å². The van der Waals surface area contributed by atoms with Gasteiger partial charge < -0.3 is 10.1 Å². The Labute approximate surface area is 85.2 Å². The van der Waals surface area contributed by atoms with Crippen LogP contribution >= 0.6 is 0 Å². The fourth-order valence-corrected chi connectivity index (χ4v) is 1.55. The average molecular weight is 195 g/mol. The Kier molecular flexibility index (Phi) is 4.48. The second-order valence-electron chi connectivity index (χ2n) is 3.57. The van der Waals surface area contributed by atoms with E-state index in [4.69, 9.17) is 4.74 Å². The van der Waals surface area contributed by atoms with Crippen molar-refractivity contribution in [3.63, 3.8) is 0 Å². The SMILES string of the molecule is CCOC(=O)C#CC1CCNCC1C. The molecule has 3 nitrogen and oxygen atoms in total. The van der Waals surface area contributed by atoms with Gasteiger partial charge in [-0.2, -0.15) is 0 Å². The largest absolute Gasteiger partial charge is 0.456 e. The number of rotatable bonds is 1. The molecule has 0 radical (unpaired) electrons. The zero-order chi connectivity index (χ0) is 10.4. The zero-order valence-electron chi connectivity index (χ0n) is 8.80. The number of esters is 1. The minimum Gasteiger partial charge on any atom is -0.456 e. The molecule has 78 valence electrons. The fourth-order valence-electron chi connectivity index (χ4n) is 1.55. The maximum atomic E-state index is 11.0. The Morgan fingerprint density at radius 1 is 1.64 bits per heavy atom. The highest BCUT2D eigenvalue weighted by Crippen LogP contribution is 2.16. The Morgan fingerprint density at radius 3 is 3.07 bits per heavy atom. The zero-order valence-corrected chi connectivity index (χ0v) is 8.80. The summed E-state index contributed by atoms with van der Waals surface area (Å²) in [5.74, 6) is 5.98. The van der Waals surface area contributed by atoms with Crippen LogP contribution in [-0.4, -0.2) is 25.7 Å². The Hall–Kier alpha value is -1.01. The maximum absolute atomic E-state index is 11.0. The lowest BCUT2D eigenvalue weighted by Crippen LogP contribution is -2.34. The van der Waals surface area contributed by atoms with E-state index in [1.165, 1.54) is 0 Å². The molecule has 1 heterocycles. The van der Waals surface area contributed by atoms with Gasteiger partial charge in [-0.25, -0.2) is 4.79 Å². The van der Waals surface area contributed by atoms with E-state index in [0.29, 0.717) is 18.4 Å². The smallest absolute Gasteiger partial charge is 0.384 e. The average Bonchev–Trinajstić information content (AvgIpc) is 2.17. The molecule has 0 aromatic heterocycles. The van der Waals surface area contributed by atoms with Crippen molar-refractivity contribution in [2.75, 3.05) is 19.7 Å². The molecule has 0 saturated carbocycles. The summed E-state index contributed by atoms with van der Waals surface area (Å²) in [7, 11) is 0. The third-order valence-corrected chi connectivity index (χ3v) is 2.42. The van der Waals surface area contributed by atoms with E-state index in [1.807, 2.05) is 0 Å². The molecular weight excluding hydrogens is 178 g/mol. The van der Waals surface area contributed by atoms with Crippen molar-refractivity contribution < 1.29 is 9.53 Å². The summed E-state index contributed by atoms with van der Waals surface area (Å²) in [5.41, 5.74) is 0. The minimum atomic E-state index is -0.404.